The van der Waals surface area contributed by atoms with Crippen LogP contribution in [-0.4, -0.2) is 11.5 Å². The quantitative estimate of drug-likeness (QED) is 0.874. The van der Waals surface area contributed by atoms with Crippen molar-refractivity contribution in [3.63, 3.8) is 0 Å². The molecule has 0 bridgehead atoms. The smallest absolute Gasteiger partial charge is 0.123 e. The maximum absolute atomic E-state index is 5.77. The van der Waals surface area contributed by atoms with E-state index in [-0.39, 0.29) is 0 Å². The largest absolute Gasteiger partial charge is 0.386 e. The van der Waals surface area contributed by atoms with Gasteiger partial charge in [0, 0.05) is 12.3 Å². The average molecular weight is 251 g/mol. The Morgan fingerprint density at radius 3 is 2.68 bits per heavy atom. The molecule has 3 rings (SSSR count). The molecule has 1 aliphatic rings. The number of benzene rings is 2. The molecule has 0 amide bonds. The van der Waals surface area contributed by atoms with Crippen LogP contribution in [0.5, 0.6) is 0 Å². The van der Waals surface area contributed by atoms with Crippen molar-refractivity contribution in [2.75, 3.05) is 0 Å². The molecule has 1 atom stereocenters. The molecule has 2 aromatic carbocycles. The summed E-state index contributed by atoms with van der Waals surface area (Å²) >= 11 is 0. The molecule has 3 nitrogen and oxygen atoms in total. The van der Waals surface area contributed by atoms with Crippen LogP contribution >= 0.6 is 0 Å². The van der Waals surface area contributed by atoms with Gasteiger partial charge in [0.05, 0.1) is 5.71 Å². The van der Waals surface area contributed by atoms with E-state index in [4.69, 9.17) is 5.73 Å². The topological polar surface area (TPSA) is 50.7 Å². The standard InChI is InChI=1S/C16H17N3/c1-2-11-10-15(17)18-19-16(11)14-8-7-12-5-3-4-6-13(12)9-14/h3-9,11H,2,10H2,1H3,(H2,17,18). The van der Waals surface area contributed by atoms with Crippen molar-refractivity contribution in [2.45, 2.75) is 19.8 Å². The van der Waals surface area contributed by atoms with Crippen LogP contribution in [-0.2, 0) is 0 Å². The fourth-order valence-electron chi connectivity index (χ4n) is 2.57. The van der Waals surface area contributed by atoms with Gasteiger partial charge in [0.25, 0.3) is 0 Å². The van der Waals surface area contributed by atoms with Crippen LogP contribution in [0.4, 0.5) is 0 Å². The van der Waals surface area contributed by atoms with Crippen molar-refractivity contribution in [1.29, 1.82) is 0 Å². The van der Waals surface area contributed by atoms with Crippen LogP contribution in [0.3, 0.4) is 0 Å². The zero-order valence-electron chi connectivity index (χ0n) is 11.0. The van der Waals surface area contributed by atoms with Gasteiger partial charge in [-0.1, -0.05) is 43.3 Å². The minimum Gasteiger partial charge on any atom is -0.386 e. The second-order valence-corrected chi connectivity index (χ2v) is 4.95. The summed E-state index contributed by atoms with van der Waals surface area (Å²) in [7, 11) is 0. The third-order valence-electron chi connectivity index (χ3n) is 3.67. The van der Waals surface area contributed by atoms with Crippen molar-refractivity contribution in [3.05, 3.63) is 48.0 Å². The molecule has 0 spiro atoms. The number of amidine groups is 1. The van der Waals surface area contributed by atoms with Crippen LogP contribution in [0.15, 0.2) is 52.7 Å². The van der Waals surface area contributed by atoms with E-state index in [1.54, 1.807) is 0 Å². The van der Waals surface area contributed by atoms with Gasteiger partial charge in [0.2, 0.25) is 0 Å². The maximum Gasteiger partial charge on any atom is 0.123 e. The SMILES string of the molecule is CCC1CC(N)=NN=C1c1ccc2ccccc2c1. The highest BCUT2D eigenvalue weighted by atomic mass is 15.2. The van der Waals surface area contributed by atoms with Gasteiger partial charge in [0.1, 0.15) is 5.84 Å². The molecule has 2 aromatic rings. The Balaban J connectivity index is 2.08. The van der Waals surface area contributed by atoms with Gasteiger partial charge >= 0.3 is 0 Å². The van der Waals surface area contributed by atoms with Crippen LogP contribution < -0.4 is 5.73 Å². The minimum atomic E-state index is 0.374. The number of nitrogens with zero attached hydrogens (tertiary/aromatic N) is 2. The van der Waals surface area contributed by atoms with E-state index in [0.717, 1.165) is 24.1 Å². The predicted molar refractivity (Wildman–Crippen MR) is 80.5 cm³/mol. The third kappa shape index (κ3) is 2.24. The number of hydrogen-bond acceptors (Lipinski definition) is 3. The Bertz CT molecular complexity index is 671. The molecule has 19 heavy (non-hydrogen) atoms. The molecule has 0 fully saturated rings. The molecule has 1 aliphatic heterocycles. The molecule has 1 heterocycles. The van der Waals surface area contributed by atoms with Gasteiger partial charge in [-0.15, -0.1) is 5.10 Å². The van der Waals surface area contributed by atoms with E-state index in [1.165, 1.54) is 10.8 Å². The minimum absolute atomic E-state index is 0.374. The van der Waals surface area contributed by atoms with Crippen molar-refractivity contribution in [1.82, 2.24) is 0 Å². The molecule has 0 radical (unpaired) electrons. The van der Waals surface area contributed by atoms with E-state index in [9.17, 15) is 0 Å². The fourth-order valence-corrected chi connectivity index (χ4v) is 2.57. The van der Waals surface area contributed by atoms with Crippen LogP contribution in [0.2, 0.25) is 0 Å². The maximum atomic E-state index is 5.77. The zero-order chi connectivity index (χ0) is 13.2. The fraction of sp³-hybridized carbons (Fsp3) is 0.250. The van der Waals surface area contributed by atoms with Gasteiger partial charge in [-0.2, -0.15) is 5.10 Å². The molecule has 0 saturated carbocycles. The molecule has 0 saturated heterocycles. The summed E-state index contributed by atoms with van der Waals surface area (Å²) in [4.78, 5) is 0. The lowest BCUT2D eigenvalue weighted by Crippen LogP contribution is -2.26. The van der Waals surface area contributed by atoms with Crippen molar-refractivity contribution < 1.29 is 0 Å². The predicted octanol–water partition coefficient (Wildman–Crippen LogP) is 3.33. The normalized spacial score (nSPS) is 19.1. The first-order valence-electron chi connectivity index (χ1n) is 6.67. The first kappa shape index (κ1) is 11.9. The van der Waals surface area contributed by atoms with E-state index in [0.29, 0.717) is 11.8 Å². The molecule has 2 N–H and O–H groups in total. The highest BCUT2D eigenvalue weighted by molar-refractivity contribution is 6.07. The van der Waals surface area contributed by atoms with Crippen LogP contribution in [0.1, 0.15) is 25.3 Å². The summed E-state index contributed by atoms with van der Waals surface area (Å²) in [5.41, 5.74) is 7.99. The first-order valence-corrected chi connectivity index (χ1v) is 6.67. The summed E-state index contributed by atoms with van der Waals surface area (Å²) in [5.74, 6) is 1.01. The summed E-state index contributed by atoms with van der Waals surface area (Å²) in [6.45, 7) is 2.17. The first-order chi connectivity index (χ1) is 9.28. The lowest BCUT2D eigenvalue weighted by molar-refractivity contribution is 0.677. The Hall–Kier alpha value is -2.16. The lowest BCUT2D eigenvalue weighted by Gasteiger charge is -2.20. The van der Waals surface area contributed by atoms with Crippen molar-refractivity contribution >= 4 is 22.3 Å². The molecule has 3 heteroatoms. The monoisotopic (exact) mass is 251 g/mol. The number of nitrogens with two attached hydrogens (primary N) is 1. The van der Waals surface area contributed by atoms with E-state index in [2.05, 4.69) is 59.6 Å². The van der Waals surface area contributed by atoms with Crippen LogP contribution in [0.25, 0.3) is 10.8 Å². The lowest BCUT2D eigenvalue weighted by atomic mass is 9.89. The van der Waals surface area contributed by atoms with E-state index < -0.39 is 0 Å². The Labute approximate surface area is 112 Å². The Kier molecular flexibility index (Phi) is 3.03. The molecule has 0 aromatic heterocycles. The zero-order valence-corrected chi connectivity index (χ0v) is 11.0. The van der Waals surface area contributed by atoms with Gasteiger partial charge in [-0.3, -0.25) is 0 Å². The van der Waals surface area contributed by atoms with Crippen molar-refractivity contribution in [2.24, 2.45) is 21.9 Å². The highest BCUT2D eigenvalue weighted by Gasteiger charge is 2.21. The average Bonchev–Trinajstić information content (AvgIpc) is 2.46. The Morgan fingerprint density at radius 1 is 1.11 bits per heavy atom. The van der Waals surface area contributed by atoms with E-state index >= 15 is 0 Å². The van der Waals surface area contributed by atoms with Gasteiger partial charge < -0.3 is 5.73 Å². The van der Waals surface area contributed by atoms with Crippen LogP contribution in [0, 0.1) is 5.92 Å². The molecule has 1 unspecified atom stereocenters. The van der Waals surface area contributed by atoms with Gasteiger partial charge in [-0.25, -0.2) is 0 Å². The summed E-state index contributed by atoms with van der Waals surface area (Å²) in [6, 6.07) is 14.8. The highest BCUT2D eigenvalue weighted by Crippen LogP contribution is 2.23. The van der Waals surface area contributed by atoms with Crippen molar-refractivity contribution in [3.8, 4) is 0 Å². The second kappa shape index (κ2) is 4.84. The third-order valence-corrected chi connectivity index (χ3v) is 3.67. The molecular formula is C16H17N3. The Morgan fingerprint density at radius 2 is 1.89 bits per heavy atom. The number of hydrogen-bond donors (Lipinski definition) is 1. The number of fused-ring (bicyclic) bond motifs is 1. The summed E-state index contributed by atoms with van der Waals surface area (Å²) in [6.07, 6.45) is 1.84. The van der Waals surface area contributed by atoms with Gasteiger partial charge in [-0.05, 0) is 28.8 Å². The molecular weight excluding hydrogens is 234 g/mol. The molecule has 0 aliphatic carbocycles. The van der Waals surface area contributed by atoms with Gasteiger partial charge in [0.15, 0.2) is 0 Å². The summed E-state index contributed by atoms with van der Waals surface area (Å²) < 4.78 is 0. The molecule has 96 valence electrons. The van der Waals surface area contributed by atoms with E-state index in [1.807, 2.05) is 0 Å². The second-order valence-electron chi connectivity index (χ2n) is 4.95. The summed E-state index contributed by atoms with van der Waals surface area (Å²) in [5, 5.41) is 10.9. The number of rotatable bonds is 2.